The number of aromatic nitrogens is 2. The SMILES string of the molecule is O=P(O)(O)C(C(O)c1c[nH]cn1)P(=O)(O)O. The van der Waals surface area contributed by atoms with Crippen molar-refractivity contribution in [2.45, 2.75) is 11.5 Å². The highest BCUT2D eigenvalue weighted by atomic mass is 31.2. The Morgan fingerprint density at radius 3 is 2.00 bits per heavy atom. The normalized spacial score (nSPS) is 15.4. The van der Waals surface area contributed by atoms with Crippen LogP contribution in [0.15, 0.2) is 12.5 Å². The van der Waals surface area contributed by atoms with Gasteiger partial charge in [0.2, 0.25) is 0 Å². The third-order valence-corrected chi connectivity index (χ3v) is 5.54. The summed E-state index contributed by atoms with van der Waals surface area (Å²) in [5.41, 5.74) is -0.253. The summed E-state index contributed by atoms with van der Waals surface area (Å²) in [4.78, 5) is 41.1. The monoisotopic (exact) mass is 272 g/mol. The van der Waals surface area contributed by atoms with Gasteiger partial charge < -0.3 is 29.7 Å². The minimum atomic E-state index is -5.16. The van der Waals surface area contributed by atoms with E-state index in [1.165, 1.54) is 0 Å². The summed E-state index contributed by atoms with van der Waals surface area (Å²) in [6, 6.07) is 0. The van der Waals surface area contributed by atoms with Crippen molar-refractivity contribution in [1.82, 2.24) is 9.97 Å². The maximum absolute atomic E-state index is 10.9. The Kier molecular flexibility index (Phi) is 3.71. The first-order chi connectivity index (χ1) is 7.14. The van der Waals surface area contributed by atoms with E-state index >= 15 is 0 Å². The summed E-state index contributed by atoms with van der Waals surface area (Å²) in [6.45, 7) is 0. The van der Waals surface area contributed by atoms with E-state index in [4.69, 9.17) is 19.6 Å². The van der Waals surface area contributed by atoms with E-state index in [2.05, 4.69) is 9.97 Å². The predicted molar refractivity (Wildman–Crippen MR) is 51.4 cm³/mol. The zero-order chi connectivity index (χ0) is 12.6. The van der Waals surface area contributed by atoms with Gasteiger partial charge in [-0.15, -0.1) is 0 Å². The lowest BCUT2D eigenvalue weighted by atomic mass is 10.3. The number of hydrogen-bond donors (Lipinski definition) is 6. The first-order valence-electron chi connectivity index (χ1n) is 3.91. The standard InChI is InChI=1S/C5H10N2O7P2/c8-4(3-1-6-2-7-3)5(15(9,10)11)16(12,13)14/h1-2,4-5,8H,(H,6,7)(H2,9,10,11)(H2,12,13,14). The Labute approximate surface area is 89.5 Å². The molecule has 0 spiro atoms. The van der Waals surface area contributed by atoms with Crippen LogP contribution in [0.5, 0.6) is 0 Å². The number of nitrogens with zero attached hydrogens (tertiary/aromatic N) is 1. The average Bonchev–Trinajstić information content (AvgIpc) is 2.48. The molecule has 9 nitrogen and oxygen atoms in total. The van der Waals surface area contributed by atoms with Crippen LogP contribution in [0.3, 0.4) is 0 Å². The van der Waals surface area contributed by atoms with Gasteiger partial charge in [0.25, 0.3) is 0 Å². The zero-order valence-electron chi connectivity index (χ0n) is 7.70. The molecule has 0 bridgehead atoms. The summed E-state index contributed by atoms with van der Waals surface area (Å²) in [5, 5.41) is 6.96. The van der Waals surface area contributed by atoms with Gasteiger partial charge in [-0.2, -0.15) is 0 Å². The molecule has 1 aromatic rings. The lowest BCUT2D eigenvalue weighted by Gasteiger charge is -2.23. The van der Waals surface area contributed by atoms with Crippen LogP contribution in [-0.4, -0.2) is 40.0 Å². The lowest BCUT2D eigenvalue weighted by Crippen LogP contribution is -2.19. The van der Waals surface area contributed by atoms with Crippen LogP contribution in [0.2, 0.25) is 0 Å². The molecule has 1 unspecified atom stereocenters. The molecule has 1 atom stereocenters. The van der Waals surface area contributed by atoms with Gasteiger partial charge in [0.15, 0.2) is 5.40 Å². The van der Waals surface area contributed by atoms with Crippen molar-refractivity contribution in [3.8, 4) is 0 Å². The Hall–Kier alpha value is -0.530. The van der Waals surface area contributed by atoms with Gasteiger partial charge in [0, 0.05) is 6.20 Å². The molecule has 0 fully saturated rings. The highest BCUT2D eigenvalue weighted by molar-refractivity contribution is 7.70. The fourth-order valence-corrected chi connectivity index (χ4v) is 3.76. The number of nitrogens with one attached hydrogen (secondary N) is 1. The number of aliphatic hydroxyl groups excluding tert-OH is 1. The molecule has 16 heavy (non-hydrogen) atoms. The molecule has 0 saturated carbocycles. The largest absolute Gasteiger partial charge is 0.385 e. The minimum Gasteiger partial charge on any atom is -0.385 e. The Balaban J connectivity index is 3.14. The molecule has 0 amide bonds. The molecule has 11 heteroatoms. The number of imidazole rings is 1. The summed E-state index contributed by atoms with van der Waals surface area (Å²) in [7, 11) is -10.3. The maximum atomic E-state index is 10.9. The molecule has 0 aliphatic rings. The molecule has 1 rings (SSSR count). The molecule has 92 valence electrons. The highest BCUT2D eigenvalue weighted by Crippen LogP contribution is 2.63. The minimum absolute atomic E-state index is 0.253. The molecule has 0 aromatic carbocycles. The van der Waals surface area contributed by atoms with Crippen molar-refractivity contribution in [2.75, 3.05) is 0 Å². The lowest BCUT2D eigenvalue weighted by molar-refractivity contribution is 0.165. The van der Waals surface area contributed by atoms with Gasteiger partial charge in [-0.25, -0.2) is 4.98 Å². The third-order valence-electron chi connectivity index (χ3n) is 1.79. The molecular weight excluding hydrogens is 262 g/mol. The first kappa shape index (κ1) is 13.5. The van der Waals surface area contributed by atoms with Gasteiger partial charge in [0.1, 0.15) is 6.10 Å². The molecule has 6 N–H and O–H groups in total. The van der Waals surface area contributed by atoms with Gasteiger partial charge in [-0.1, -0.05) is 0 Å². The number of H-pyrrole nitrogens is 1. The van der Waals surface area contributed by atoms with Crippen molar-refractivity contribution in [2.24, 2.45) is 0 Å². The van der Waals surface area contributed by atoms with Gasteiger partial charge >= 0.3 is 15.2 Å². The van der Waals surface area contributed by atoms with Crippen LogP contribution < -0.4 is 0 Å². The van der Waals surface area contributed by atoms with Crippen molar-refractivity contribution < 1.29 is 33.8 Å². The van der Waals surface area contributed by atoms with E-state index in [0.717, 1.165) is 12.5 Å². The second-order valence-electron chi connectivity index (χ2n) is 3.03. The third kappa shape index (κ3) is 2.99. The van der Waals surface area contributed by atoms with Crippen LogP contribution >= 0.6 is 15.2 Å². The smallest absolute Gasteiger partial charge is 0.343 e. The summed E-state index contributed by atoms with van der Waals surface area (Å²) < 4.78 is 21.8. The van der Waals surface area contributed by atoms with Crippen LogP contribution in [0.1, 0.15) is 11.8 Å². The number of hydrogen-bond acceptors (Lipinski definition) is 4. The number of rotatable bonds is 4. The van der Waals surface area contributed by atoms with Crippen LogP contribution in [0.4, 0.5) is 0 Å². The molecular formula is C5H10N2O7P2. The first-order valence-corrected chi connectivity index (χ1v) is 7.27. The molecule has 0 radical (unpaired) electrons. The van der Waals surface area contributed by atoms with Crippen molar-refractivity contribution >= 4 is 15.2 Å². The summed E-state index contributed by atoms with van der Waals surface area (Å²) in [5.74, 6) is 0. The summed E-state index contributed by atoms with van der Waals surface area (Å²) in [6.07, 6.45) is 0.144. The van der Waals surface area contributed by atoms with Gasteiger partial charge in [0.05, 0.1) is 12.0 Å². The Morgan fingerprint density at radius 2 is 1.69 bits per heavy atom. The maximum Gasteiger partial charge on any atom is 0.343 e. The Bertz CT molecular complexity index is 412. The molecule has 1 heterocycles. The topological polar surface area (TPSA) is 164 Å². The predicted octanol–water partition coefficient (Wildman–Crippen LogP) is -0.875. The number of aliphatic hydroxyl groups is 1. The highest BCUT2D eigenvalue weighted by Gasteiger charge is 2.49. The second kappa shape index (κ2) is 4.38. The molecule has 0 aliphatic heterocycles. The van der Waals surface area contributed by atoms with Crippen molar-refractivity contribution in [3.05, 3.63) is 18.2 Å². The fourth-order valence-electron chi connectivity index (χ4n) is 1.15. The van der Waals surface area contributed by atoms with Crippen molar-refractivity contribution in [1.29, 1.82) is 0 Å². The van der Waals surface area contributed by atoms with E-state index in [9.17, 15) is 14.2 Å². The van der Waals surface area contributed by atoms with Gasteiger partial charge in [-0.05, 0) is 0 Å². The Morgan fingerprint density at radius 1 is 1.19 bits per heavy atom. The van der Waals surface area contributed by atoms with Crippen LogP contribution in [0, 0.1) is 0 Å². The quantitative estimate of drug-likeness (QED) is 0.385. The molecule has 0 saturated heterocycles. The van der Waals surface area contributed by atoms with E-state index in [1.54, 1.807) is 0 Å². The van der Waals surface area contributed by atoms with Crippen molar-refractivity contribution in [3.63, 3.8) is 0 Å². The average molecular weight is 272 g/mol. The second-order valence-corrected chi connectivity index (χ2v) is 6.91. The van der Waals surface area contributed by atoms with Gasteiger partial charge in [-0.3, -0.25) is 9.13 Å². The van der Waals surface area contributed by atoms with Crippen LogP contribution in [-0.2, 0) is 9.13 Å². The summed E-state index contributed by atoms with van der Waals surface area (Å²) >= 11 is 0. The fraction of sp³-hybridized carbons (Fsp3) is 0.400. The number of aromatic amines is 1. The molecule has 1 aromatic heterocycles. The van der Waals surface area contributed by atoms with E-state index < -0.39 is 26.7 Å². The zero-order valence-corrected chi connectivity index (χ0v) is 9.49. The van der Waals surface area contributed by atoms with Crippen LogP contribution in [0.25, 0.3) is 0 Å². The van der Waals surface area contributed by atoms with E-state index in [-0.39, 0.29) is 5.69 Å². The van der Waals surface area contributed by atoms with E-state index in [0.29, 0.717) is 0 Å². The van der Waals surface area contributed by atoms with E-state index in [1.807, 2.05) is 0 Å². The molecule has 0 aliphatic carbocycles.